The third-order valence-corrected chi connectivity index (χ3v) is 3.20. The van der Waals surface area contributed by atoms with Crippen molar-refractivity contribution in [1.82, 2.24) is 0 Å². The van der Waals surface area contributed by atoms with E-state index in [1.807, 2.05) is 0 Å². The molecule has 0 bridgehead atoms. The quantitative estimate of drug-likeness (QED) is 0.479. The number of non-ortho nitro benzene ring substituents is 1. The van der Waals surface area contributed by atoms with E-state index in [1.54, 1.807) is 12.1 Å². The average molecular weight is 232 g/mol. The number of nitro groups is 1. The van der Waals surface area contributed by atoms with E-state index in [-0.39, 0.29) is 11.5 Å². The number of Topliss-reactive ketones (excluding diaryl/α,β-unsaturated/α-hetero) is 1. The van der Waals surface area contributed by atoms with Gasteiger partial charge in [-0.05, 0) is 24.8 Å². The summed E-state index contributed by atoms with van der Waals surface area (Å²) in [5, 5.41) is 17.5. The van der Waals surface area contributed by atoms with Crippen molar-refractivity contribution in [1.29, 1.82) is 5.41 Å². The molecule has 5 heteroatoms. The Morgan fingerprint density at radius 3 is 2.41 bits per heavy atom. The molecule has 0 aromatic heterocycles. The number of benzene rings is 1. The van der Waals surface area contributed by atoms with Crippen LogP contribution < -0.4 is 0 Å². The first-order valence-electron chi connectivity index (χ1n) is 5.36. The molecule has 2 rings (SSSR count). The Hall–Kier alpha value is -2.04. The molecule has 0 atom stereocenters. The topological polar surface area (TPSA) is 84.1 Å². The average Bonchev–Trinajstić information content (AvgIpc) is 3.09. The highest BCUT2D eigenvalue weighted by Gasteiger charge is 2.48. The number of carbonyl (C=O) groups is 1. The molecule has 1 aliphatic rings. The number of nitrogens with zero attached hydrogens (tertiary/aromatic N) is 1. The molecule has 0 radical (unpaired) electrons. The van der Waals surface area contributed by atoms with Gasteiger partial charge in [0, 0.05) is 17.5 Å². The predicted octanol–water partition coefficient (Wildman–Crippen LogP) is 2.14. The molecule has 0 aliphatic heterocycles. The fraction of sp³-hybridized carbons (Fsp3) is 0.333. The van der Waals surface area contributed by atoms with Gasteiger partial charge in [-0.25, -0.2) is 0 Å². The second kappa shape index (κ2) is 4.08. The molecule has 0 unspecified atom stereocenters. The fourth-order valence-electron chi connectivity index (χ4n) is 1.94. The zero-order valence-corrected chi connectivity index (χ0v) is 9.18. The van der Waals surface area contributed by atoms with Gasteiger partial charge in [0.1, 0.15) is 0 Å². The minimum Gasteiger partial charge on any atom is -0.305 e. The Labute approximate surface area is 98.1 Å². The van der Waals surface area contributed by atoms with Gasteiger partial charge in [0.15, 0.2) is 5.78 Å². The maximum absolute atomic E-state index is 11.5. The summed E-state index contributed by atoms with van der Waals surface area (Å²) in [6.07, 6.45) is 3.05. The lowest BCUT2D eigenvalue weighted by molar-refractivity contribution is -0.384. The van der Waals surface area contributed by atoms with Crippen LogP contribution in [0.5, 0.6) is 0 Å². The highest BCUT2D eigenvalue weighted by atomic mass is 16.6. The summed E-state index contributed by atoms with van der Waals surface area (Å²) in [4.78, 5) is 21.6. The predicted molar refractivity (Wildman–Crippen MR) is 62.3 cm³/mol. The number of hydrogen-bond donors (Lipinski definition) is 1. The fourth-order valence-corrected chi connectivity index (χ4v) is 1.94. The Morgan fingerprint density at radius 2 is 2.00 bits per heavy atom. The summed E-state index contributed by atoms with van der Waals surface area (Å²) in [7, 11) is 0. The summed E-state index contributed by atoms with van der Waals surface area (Å²) >= 11 is 0. The number of nitro benzene ring substituents is 1. The van der Waals surface area contributed by atoms with Crippen LogP contribution in [0.2, 0.25) is 0 Å². The third kappa shape index (κ3) is 2.22. The van der Waals surface area contributed by atoms with Crippen molar-refractivity contribution in [3.05, 3.63) is 39.9 Å². The standard InChI is InChI=1S/C12H12N2O3/c13-8-11(15)12(5-6-12)7-9-1-3-10(4-2-9)14(16)17/h1-4,8,13H,5-7H2. The van der Waals surface area contributed by atoms with Crippen LogP contribution in [0.25, 0.3) is 0 Å². The molecule has 1 aliphatic carbocycles. The molecule has 1 aromatic carbocycles. The summed E-state index contributed by atoms with van der Waals surface area (Å²) in [6, 6.07) is 6.24. The van der Waals surface area contributed by atoms with Crippen LogP contribution >= 0.6 is 0 Å². The Kier molecular flexibility index (Phi) is 2.75. The molecule has 1 aromatic rings. The first-order valence-corrected chi connectivity index (χ1v) is 5.36. The summed E-state index contributed by atoms with van der Waals surface area (Å²) in [5.74, 6) is -0.143. The van der Waals surface area contributed by atoms with Crippen LogP contribution in [0.4, 0.5) is 5.69 Å². The van der Waals surface area contributed by atoms with Crippen LogP contribution in [-0.4, -0.2) is 16.9 Å². The number of nitrogens with one attached hydrogen (secondary N) is 1. The Balaban J connectivity index is 2.12. The Morgan fingerprint density at radius 1 is 1.41 bits per heavy atom. The smallest absolute Gasteiger partial charge is 0.269 e. The van der Waals surface area contributed by atoms with Gasteiger partial charge in [0.05, 0.1) is 11.1 Å². The molecule has 0 amide bonds. The summed E-state index contributed by atoms with van der Waals surface area (Å²) in [5.41, 5.74) is 0.554. The lowest BCUT2D eigenvalue weighted by Crippen LogP contribution is -2.19. The van der Waals surface area contributed by atoms with Crippen molar-refractivity contribution < 1.29 is 9.72 Å². The third-order valence-electron chi connectivity index (χ3n) is 3.20. The molecule has 1 N–H and O–H groups in total. The van der Waals surface area contributed by atoms with E-state index >= 15 is 0 Å². The molecule has 1 saturated carbocycles. The minimum atomic E-state index is -0.445. The Bertz CT molecular complexity index is 475. The van der Waals surface area contributed by atoms with Gasteiger partial charge in [-0.2, -0.15) is 0 Å². The van der Waals surface area contributed by atoms with E-state index in [9.17, 15) is 14.9 Å². The molecule has 1 fully saturated rings. The van der Waals surface area contributed by atoms with Gasteiger partial charge >= 0.3 is 0 Å². The van der Waals surface area contributed by atoms with Crippen LogP contribution in [0.1, 0.15) is 18.4 Å². The molecule has 17 heavy (non-hydrogen) atoms. The lowest BCUT2D eigenvalue weighted by Gasteiger charge is -2.10. The highest BCUT2D eigenvalue weighted by Crippen LogP contribution is 2.48. The number of rotatable bonds is 5. The van der Waals surface area contributed by atoms with Gasteiger partial charge in [0.25, 0.3) is 5.69 Å². The molecule has 0 saturated heterocycles. The summed E-state index contributed by atoms with van der Waals surface area (Å²) in [6.45, 7) is 0. The van der Waals surface area contributed by atoms with E-state index in [4.69, 9.17) is 5.41 Å². The number of ketones is 1. The largest absolute Gasteiger partial charge is 0.305 e. The second-order valence-corrected chi connectivity index (χ2v) is 4.39. The normalized spacial score (nSPS) is 16.2. The van der Waals surface area contributed by atoms with Gasteiger partial charge in [-0.15, -0.1) is 0 Å². The van der Waals surface area contributed by atoms with Crippen molar-refractivity contribution in [3.63, 3.8) is 0 Å². The monoisotopic (exact) mass is 232 g/mol. The zero-order chi connectivity index (χ0) is 12.5. The number of carbonyl (C=O) groups excluding carboxylic acids is 1. The molecule has 0 spiro atoms. The zero-order valence-electron chi connectivity index (χ0n) is 9.18. The van der Waals surface area contributed by atoms with E-state index in [2.05, 4.69) is 0 Å². The van der Waals surface area contributed by atoms with Crippen molar-refractivity contribution >= 4 is 17.7 Å². The SMILES string of the molecule is N=CC(=O)C1(Cc2ccc([N+](=O)[O-])cc2)CC1. The lowest BCUT2D eigenvalue weighted by atomic mass is 9.92. The maximum Gasteiger partial charge on any atom is 0.269 e. The van der Waals surface area contributed by atoms with E-state index in [0.29, 0.717) is 6.42 Å². The molecule has 88 valence electrons. The van der Waals surface area contributed by atoms with Crippen LogP contribution in [-0.2, 0) is 11.2 Å². The maximum atomic E-state index is 11.5. The molecular formula is C12H12N2O3. The van der Waals surface area contributed by atoms with E-state index < -0.39 is 10.3 Å². The van der Waals surface area contributed by atoms with Gasteiger partial charge in [-0.1, -0.05) is 12.1 Å². The first kappa shape index (κ1) is 11.4. The van der Waals surface area contributed by atoms with E-state index in [1.165, 1.54) is 12.1 Å². The van der Waals surface area contributed by atoms with Gasteiger partial charge in [0.2, 0.25) is 0 Å². The van der Waals surface area contributed by atoms with Crippen LogP contribution in [0.15, 0.2) is 24.3 Å². The van der Waals surface area contributed by atoms with Crippen molar-refractivity contribution in [2.45, 2.75) is 19.3 Å². The minimum absolute atomic E-state index is 0.0528. The highest BCUT2D eigenvalue weighted by molar-refractivity contribution is 6.29. The van der Waals surface area contributed by atoms with Crippen molar-refractivity contribution in [2.75, 3.05) is 0 Å². The van der Waals surface area contributed by atoms with Crippen molar-refractivity contribution in [2.24, 2.45) is 5.41 Å². The second-order valence-electron chi connectivity index (χ2n) is 4.39. The molecule has 0 heterocycles. The van der Waals surface area contributed by atoms with E-state index in [0.717, 1.165) is 24.6 Å². The summed E-state index contributed by atoms with van der Waals surface area (Å²) < 4.78 is 0. The van der Waals surface area contributed by atoms with Gasteiger partial charge in [-0.3, -0.25) is 14.9 Å². The molecule has 5 nitrogen and oxygen atoms in total. The van der Waals surface area contributed by atoms with Gasteiger partial charge < -0.3 is 5.41 Å². The number of hydrogen-bond acceptors (Lipinski definition) is 4. The van der Waals surface area contributed by atoms with Crippen LogP contribution in [0.3, 0.4) is 0 Å². The van der Waals surface area contributed by atoms with Crippen molar-refractivity contribution in [3.8, 4) is 0 Å². The first-order chi connectivity index (χ1) is 8.07. The van der Waals surface area contributed by atoms with Crippen LogP contribution in [0, 0.1) is 20.9 Å². The molecular weight excluding hydrogens is 220 g/mol.